The lowest BCUT2D eigenvalue weighted by atomic mass is 10.0. The van der Waals surface area contributed by atoms with E-state index in [1.165, 1.54) is 0 Å². The molecule has 2 heterocycles. The van der Waals surface area contributed by atoms with Crippen LogP contribution in [0.15, 0.2) is 42.6 Å². The molecule has 0 unspecified atom stereocenters. The van der Waals surface area contributed by atoms with Gasteiger partial charge in [-0.1, -0.05) is 30.3 Å². The third kappa shape index (κ3) is 3.92. The smallest absolute Gasteiger partial charge is 0.410 e. The molecule has 3 rings (SSSR count). The van der Waals surface area contributed by atoms with E-state index in [4.69, 9.17) is 4.74 Å². The molecule has 1 aliphatic rings. The van der Waals surface area contributed by atoms with E-state index in [1.54, 1.807) is 0 Å². The van der Waals surface area contributed by atoms with Gasteiger partial charge in [0.05, 0.1) is 6.04 Å². The summed E-state index contributed by atoms with van der Waals surface area (Å²) in [4.78, 5) is 20.9. The van der Waals surface area contributed by atoms with Crippen LogP contribution in [0.4, 0.5) is 10.6 Å². The van der Waals surface area contributed by atoms with Crippen molar-refractivity contribution >= 4 is 11.9 Å². The van der Waals surface area contributed by atoms with Gasteiger partial charge in [-0.05, 0) is 42.5 Å². The number of hydrogen-bond acceptors (Lipinski definition) is 4. The Bertz CT molecular complexity index is 731. The Morgan fingerprint density at radius 1 is 1.32 bits per heavy atom. The van der Waals surface area contributed by atoms with Gasteiger partial charge in [-0.2, -0.15) is 0 Å². The molecule has 1 aliphatic heterocycles. The van der Waals surface area contributed by atoms with Gasteiger partial charge in [0.15, 0.2) is 0 Å². The number of benzene rings is 1. The second-order valence-corrected chi connectivity index (χ2v) is 6.69. The lowest BCUT2D eigenvalue weighted by molar-refractivity contribution is 0.0919. The van der Waals surface area contributed by atoms with Crippen LogP contribution in [0, 0.1) is 6.92 Å². The maximum absolute atomic E-state index is 12.6. The van der Waals surface area contributed by atoms with Gasteiger partial charge in [-0.3, -0.25) is 0 Å². The van der Waals surface area contributed by atoms with Crippen molar-refractivity contribution in [1.82, 2.24) is 9.88 Å². The zero-order valence-corrected chi connectivity index (χ0v) is 15.1. The lowest BCUT2D eigenvalue weighted by Gasteiger charge is -2.26. The lowest BCUT2D eigenvalue weighted by Crippen LogP contribution is -2.31. The monoisotopic (exact) mass is 339 g/mol. The summed E-state index contributed by atoms with van der Waals surface area (Å²) in [6, 6.07) is 11.9. The number of aryl methyl sites for hydroxylation is 1. The fraction of sp³-hybridized carbons (Fsp3) is 0.400. The van der Waals surface area contributed by atoms with E-state index in [2.05, 4.69) is 18.0 Å². The molecule has 0 N–H and O–H groups in total. The molecule has 5 nitrogen and oxygen atoms in total. The molecule has 0 spiro atoms. The maximum Gasteiger partial charge on any atom is 0.410 e. The molecule has 1 fully saturated rings. The topological polar surface area (TPSA) is 45.7 Å². The van der Waals surface area contributed by atoms with Crippen LogP contribution in [0.25, 0.3) is 0 Å². The quantitative estimate of drug-likeness (QED) is 0.847. The molecule has 1 amide bonds. The van der Waals surface area contributed by atoms with Crippen LogP contribution >= 0.6 is 0 Å². The Hall–Kier alpha value is -2.56. The fourth-order valence-corrected chi connectivity index (χ4v) is 3.26. The summed E-state index contributed by atoms with van der Waals surface area (Å²) in [5.41, 5.74) is 3.27. The number of hydrogen-bond donors (Lipinski definition) is 0. The Labute approximate surface area is 149 Å². The Morgan fingerprint density at radius 2 is 2.08 bits per heavy atom. The Balaban J connectivity index is 1.70. The van der Waals surface area contributed by atoms with Crippen molar-refractivity contribution < 1.29 is 9.53 Å². The molecule has 1 atom stereocenters. The van der Waals surface area contributed by atoms with Crippen LogP contribution in [0.5, 0.6) is 0 Å². The van der Waals surface area contributed by atoms with E-state index in [0.29, 0.717) is 6.61 Å². The average Bonchev–Trinajstić information content (AvgIpc) is 3.10. The molecule has 0 radical (unpaired) electrons. The summed E-state index contributed by atoms with van der Waals surface area (Å²) >= 11 is 0. The predicted octanol–water partition coefficient (Wildman–Crippen LogP) is 3.93. The van der Waals surface area contributed by atoms with Crippen LogP contribution in [-0.4, -0.2) is 36.6 Å². The third-order valence-electron chi connectivity index (χ3n) is 4.65. The molecule has 1 aromatic heterocycles. The summed E-state index contributed by atoms with van der Waals surface area (Å²) in [5, 5.41) is 0. The van der Waals surface area contributed by atoms with Crippen molar-refractivity contribution in [3.63, 3.8) is 0 Å². The molecule has 25 heavy (non-hydrogen) atoms. The predicted molar refractivity (Wildman–Crippen MR) is 98.6 cm³/mol. The number of carbonyl (C=O) groups excluding carboxylic acids is 1. The number of rotatable bonds is 4. The van der Waals surface area contributed by atoms with E-state index >= 15 is 0 Å². The minimum atomic E-state index is -0.248. The van der Waals surface area contributed by atoms with Crippen LogP contribution in [-0.2, 0) is 11.3 Å². The number of ether oxygens (including phenoxy) is 1. The first-order chi connectivity index (χ1) is 12.1. The number of carbonyl (C=O) groups is 1. The highest BCUT2D eigenvalue weighted by atomic mass is 16.6. The van der Waals surface area contributed by atoms with E-state index in [-0.39, 0.29) is 12.1 Å². The van der Waals surface area contributed by atoms with Crippen molar-refractivity contribution in [3.05, 3.63) is 59.3 Å². The summed E-state index contributed by atoms with van der Waals surface area (Å²) in [6.45, 7) is 3.11. The van der Waals surface area contributed by atoms with Gasteiger partial charge in [0.25, 0.3) is 0 Å². The number of likely N-dealkylation sites (tertiary alicyclic amines) is 1. The normalized spacial score (nSPS) is 16.8. The van der Waals surface area contributed by atoms with Crippen LogP contribution in [0.3, 0.4) is 0 Å². The van der Waals surface area contributed by atoms with E-state index in [9.17, 15) is 4.79 Å². The zero-order chi connectivity index (χ0) is 17.8. The molecular weight excluding hydrogens is 314 g/mol. The van der Waals surface area contributed by atoms with E-state index < -0.39 is 0 Å². The van der Waals surface area contributed by atoms with Gasteiger partial charge < -0.3 is 14.5 Å². The van der Waals surface area contributed by atoms with Gasteiger partial charge in [-0.25, -0.2) is 9.78 Å². The first-order valence-corrected chi connectivity index (χ1v) is 8.67. The van der Waals surface area contributed by atoms with Crippen molar-refractivity contribution in [1.29, 1.82) is 0 Å². The number of pyridine rings is 1. The molecular formula is C20H25N3O2. The SMILES string of the molecule is Cc1cc(N(C)C)ncc1[C@@H]1CCCN1C(=O)OCc1ccccc1. The van der Waals surface area contributed by atoms with Gasteiger partial charge in [0.2, 0.25) is 0 Å². The molecule has 0 saturated carbocycles. The standard InChI is InChI=1S/C20H25N3O2/c1-15-12-19(22(2)3)21-13-17(15)18-10-7-11-23(18)20(24)25-14-16-8-5-4-6-9-16/h4-6,8-9,12-13,18H,7,10-11,14H2,1-3H3/t18-/m0/s1. The average molecular weight is 339 g/mol. The first kappa shape index (κ1) is 17.3. The van der Waals surface area contributed by atoms with E-state index in [1.807, 2.05) is 60.4 Å². The Morgan fingerprint density at radius 3 is 2.76 bits per heavy atom. The van der Waals surface area contributed by atoms with Gasteiger partial charge in [0, 0.05) is 26.8 Å². The summed E-state index contributed by atoms with van der Waals surface area (Å²) in [5.74, 6) is 0.928. The molecule has 1 aromatic carbocycles. The van der Waals surface area contributed by atoms with Crippen molar-refractivity contribution in [2.45, 2.75) is 32.4 Å². The molecule has 5 heteroatoms. The zero-order valence-electron chi connectivity index (χ0n) is 15.1. The largest absolute Gasteiger partial charge is 0.445 e. The van der Waals surface area contributed by atoms with Crippen LogP contribution in [0.2, 0.25) is 0 Å². The third-order valence-corrected chi connectivity index (χ3v) is 4.65. The van der Waals surface area contributed by atoms with Gasteiger partial charge in [0.1, 0.15) is 12.4 Å². The molecule has 1 saturated heterocycles. The minimum Gasteiger partial charge on any atom is -0.445 e. The summed E-state index contributed by atoms with van der Waals surface area (Å²) in [6.07, 6.45) is 3.59. The number of aromatic nitrogens is 1. The molecule has 2 aromatic rings. The van der Waals surface area contributed by atoms with Crippen LogP contribution < -0.4 is 4.90 Å². The highest BCUT2D eigenvalue weighted by Crippen LogP contribution is 2.34. The van der Waals surface area contributed by atoms with Gasteiger partial charge in [-0.15, -0.1) is 0 Å². The minimum absolute atomic E-state index is 0.0481. The highest BCUT2D eigenvalue weighted by Gasteiger charge is 2.32. The number of amides is 1. The maximum atomic E-state index is 12.6. The molecule has 0 aliphatic carbocycles. The number of nitrogens with zero attached hydrogens (tertiary/aromatic N) is 3. The highest BCUT2D eigenvalue weighted by molar-refractivity contribution is 5.69. The van der Waals surface area contributed by atoms with E-state index in [0.717, 1.165) is 41.9 Å². The number of anilines is 1. The van der Waals surface area contributed by atoms with Crippen molar-refractivity contribution in [3.8, 4) is 0 Å². The van der Waals surface area contributed by atoms with Crippen molar-refractivity contribution in [2.75, 3.05) is 25.5 Å². The molecule has 132 valence electrons. The first-order valence-electron chi connectivity index (χ1n) is 8.67. The van der Waals surface area contributed by atoms with Crippen LogP contribution in [0.1, 0.15) is 35.6 Å². The second kappa shape index (κ2) is 7.55. The fourth-order valence-electron chi connectivity index (χ4n) is 3.26. The second-order valence-electron chi connectivity index (χ2n) is 6.69. The summed E-state index contributed by atoms with van der Waals surface area (Å²) in [7, 11) is 3.95. The Kier molecular flexibility index (Phi) is 5.22. The van der Waals surface area contributed by atoms with Gasteiger partial charge >= 0.3 is 6.09 Å². The summed E-state index contributed by atoms with van der Waals surface area (Å²) < 4.78 is 5.52. The van der Waals surface area contributed by atoms with Crippen molar-refractivity contribution in [2.24, 2.45) is 0 Å². The molecule has 0 bridgehead atoms.